The summed E-state index contributed by atoms with van der Waals surface area (Å²) in [5.74, 6) is 0.957. The molecule has 7 heteroatoms. The summed E-state index contributed by atoms with van der Waals surface area (Å²) in [5, 5.41) is 0.491. The van der Waals surface area contributed by atoms with Crippen molar-refractivity contribution in [2.45, 2.75) is 23.9 Å². The molecule has 0 aliphatic carbocycles. The first-order valence-electron chi connectivity index (χ1n) is 5.05. The molecule has 2 rings (SSSR count). The fraction of sp³-hybridized carbons (Fsp3) is 0.300. The summed E-state index contributed by atoms with van der Waals surface area (Å²) in [6.07, 6.45) is 1.62. The molecule has 0 aliphatic rings. The van der Waals surface area contributed by atoms with Crippen LogP contribution in [0.4, 0.5) is 5.95 Å². The van der Waals surface area contributed by atoms with Crippen LogP contribution < -0.4 is 10.5 Å². The van der Waals surface area contributed by atoms with Crippen molar-refractivity contribution in [2.75, 3.05) is 12.3 Å². The maximum absolute atomic E-state index is 5.58. The lowest BCUT2D eigenvalue weighted by Crippen LogP contribution is -2.04. The maximum Gasteiger partial charge on any atom is 0.322 e. The minimum atomic E-state index is 0.145. The van der Waals surface area contributed by atoms with Crippen LogP contribution in [0.2, 0.25) is 0 Å². The Balaban J connectivity index is 2.23. The topological polar surface area (TPSA) is 87.1 Å². The molecule has 0 bridgehead atoms. The molecule has 6 nitrogen and oxygen atoms in total. The van der Waals surface area contributed by atoms with Crippen molar-refractivity contribution in [3.63, 3.8) is 0 Å². The lowest BCUT2D eigenvalue weighted by Gasteiger charge is -2.03. The van der Waals surface area contributed by atoms with E-state index in [1.165, 1.54) is 11.8 Å². The highest BCUT2D eigenvalue weighted by Crippen LogP contribution is 2.29. The van der Waals surface area contributed by atoms with Crippen molar-refractivity contribution >= 4 is 17.7 Å². The van der Waals surface area contributed by atoms with Gasteiger partial charge in [-0.2, -0.15) is 15.0 Å². The van der Waals surface area contributed by atoms with Crippen LogP contribution in [-0.4, -0.2) is 21.6 Å². The van der Waals surface area contributed by atoms with E-state index in [1.807, 2.05) is 19.9 Å². The fourth-order valence-corrected chi connectivity index (χ4v) is 1.94. The van der Waals surface area contributed by atoms with Crippen LogP contribution in [-0.2, 0) is 0 Å². The SMILES string of the molecule is CCOc1nc(N)nc(Sc2ccoc2C)n1. The standard InChI is InChI=1S/C10H12N4O2S/c1-3-15-9-12-8(11)13-10(14-9)17-7-4-5-16-6(7)2/h4-5H,3H2,1-2H3,(H2,11,12,13,14). The summed E-state index contributed by atoms with van der Waals surface area (Å²) >= 11 is 1.36. The first-order chi connectivity index (χ1) is 8.19. The first-order valence-corrected chi connectivity index (χ1v) is 5.87. The molecule has 17 heavy (non-hydrogen) atoms. The number of aromatic nitrogens is 3. The van der Waals surface area contributed by atoms with Gasteiger partial charge >= 0.3 is 6.01 Å². The highest BCUT2D eigenvalue weighted by Gasteiger charge is 2.09. The molecule has 2 heterocycles. The normalized spacial score (nSPS) is 10.5. The molecule has 0 aromatic carbocycles. The predicted molar refractivity (Wildman–Crippen MR) is 63.0 cm³/mol. The lowest BCUT2D eigenvalue weighted by molar-refractivity contribution is 0.308. The maximum atomic E-state index is 5.58. The molecule has 0 atom stereocenters. The second kappa shape index (κ2) is 5.05. The van der Waals surface area contributed by atoms with E-state index in [9.17, 15) is 0 Å². The van der Waals surface area contributed by atoms with Crippen LogP contribution in [0, 0.1) is 6.92 Å². The van der Waals surface area contributed by atoms with E-state index in [0.717, 1.165) is 10.7 Å². The van der Waals surface area contributed by atoms with Crippen molar-refractivity contribution < 1.29 is 9.15 Å². The number of aryl methyl sites for hydroxylation is 1. The number of nitrogens with two attached hydrogens (primary N) is 1. The van der Waals surface area contributed by atoms with E-state index in [2.05, 4.69) is 15.0 Å². The summed E-state index contributed by atoms with van der Waals surface area (Å²) in [5.41, 5.74) is 5.58. The van der Waals surface area contributed by atoms with Gasteiger partial charge in [-0.05, 0) is 31.7 Å². The summed E-state index contributed by atoms with van der Waals surface area (Å²) < 4.78 is 10.4. The molecule has 0 aliphatic heterocycles. The van der Waals surface area contributed by atoms with Gasteiger partial charge in [-0.15, -0.1) is 0 Å². The van der Waals surface area contributed by atoms with E-state index < -0.39 is 0 Å². The highest BCUT2D eigenvalue weighted by atomic mass is 32.2. The van der Waals surface area contributed by atoms with Gasteiger partial charge in [0.05, 0.1) is 17.8 Å². The van der Waals surface area contributed by atoms with Gasteiger partial charge in [-0.1, -0.05) is 0 Å². The predicted octanol–water partition coefficient (Wildman–Crippen LogP) is 1.91. The van der Waals surface area contributed by atoms with E-state index in [0.29, 0.717) is 11.8 Å². The summed E-state index contributed by atoms with van der Waals surface area (Å²) in [4.78, 5) is 13.0. The van der Waals surface area contributed by atoms with Gasteiger partial charge in [-0.25, -0.2) is 0 Å². The Hall–Kier alpha value is -1.76. The zero-order valence-electron chi connectivity index (χ0n) is 9.51. The quantitative estimate of drug-likeness (QED) is 0.889. The van der Waals surface area contributed by atoms with Gasteiger partial charge in [0.25, 0.3) is 0 Å². The minimum absolute atomic E-state index is 0.145. The van der Waals surface area contributed by atoms with E-state index in [-0.39, 0.29) is 12.0 Å². The molecule has 0 unspecified atom stereocenters. The Morgan fingerprint density at radius 1 is 1.41 bits per heavy atom. The van der Waals surface area contributed by atoms with Gasteiger partial charge in [0.1, 0.15) is 5.76 Å². The Bertz CT molecular complexity index is 515. The van der Waals surface area contributed by atoms with Crippen LogP contribution in [0.5, 0.6) is 6.01 Å². The molecule has 2 aromatic heterocycles. The second-order valence-corrected chi connectivity index (χ2v) is 4.14. The molecular weight excluding hydrogens is 240 g/mol. The van der Waals surface area contributed by atoms with Crippen molar-refractivity contribution in [1.29, 1.82) is 0 Å². The number of nitrogen functional groups attached to an aromatic ring is 1. The van der Waals surface area contributed by atoms with Crippen LogP contribution in [0.15, 0.2) is 26.8 Å². The molecular formula is C10H12N4O2S. The van der Waals surface area contributed by atoms with Crippen LogP contribution >= 0.6 is 11.8 Å². The third-order valence-electron chi connectivity index (χ3n) is 1.90. The highest BCUT2D eigenvalue weighted by molar-refractivity contribution is 7.99. The molecule has 0 radical (unpaired) electrons. The Kier molecular flexibility index (Phi) is 3.48. The van der Waals surface area contributed by atoms with Crippen molar-refractivity contribution in [3.05, 3.63) is 18.1 Å². The average molecular weight is 252 g/mol. The Labute approximate surface area is 103 Å². The zero-order chi connectivity index (χ0) is 12.3. The van der Waals surface area contributed by atoms with E-state index >= 15 is 0 Å². The Morgan fingerprint density at radius 2 is 2.24 bits per heavy atom. The second-order valence-electron chi connectivity index (χ2n) is 3.13. The van der Waals surface area contributed by atoms with Crippen LogP contribution in [0.25, 0.3) is 0 Å². The fourth-order valence-electron chi connectivity index (χ4n) is 1.17. The van der Waals surface area contributed by atoms with Gasteiger partial charge in [0.15, 0.2) is 0 Å². The molecule has 0 fully saturated rings. The molecule has 0 saturated carbocycles. The van der Waals surface area contributed by atoms with Crippen molar-refractivity contribution in [2.24, 2.45) is 0 Å². The monoisotopic (exact) mass is 252 g/mol. The summed E-state index contributed by atoms with van der Waals surface area (Å²) in [6.45, 7) is 4.21. The molecule has 0 spiro atoms. The summed E-state index contributed by atoms with van der Waals surface area (Å²) in [7, 11) is 0. The van der Waals surface area contributed by atoms with Crippen molar-refractivity contribution in [3.8, 4) is 6.01 Å². The van der Waals surface area contributed by atoms with Gasteiger partial charge in [0.2, 0.25) is 11.1 Å². The van der Waals surface area contributed by atoms with Gasteiger partial charge in [0, 0.05) is 0 Å². The largest absolute Gasteiger partial charge is 0.468 e. The van der Waals surface area contributed by atoms with Crippen LogP contribution in [0.3, 0.4) is 0 Å². The first kappa shape index (κ1) is 11.7. The van der Waals surface area contributed by atoms with Gasteiger partial charge < -0.3 is 14.9 Å². The lowest BCUT2D eigenvalue weighted by atomic mass is 10.5. The average Bonchev–Trinajstić information content (AvgIpc) is 2.64. The van der Waals surface area contributed by atoms with Gasteiger partial charge in [-0.3, -0.25) is 0 Å². The van der Waals surface area contributed by atoms with Crippen molar-refractivity contribution in [1.82, 2.24) is 15.0 Å². The third kappa shape index (κ3) is 2.88. The summed E-state index contributed by atoms with van der Waals surface area (Å²) in [6, 6.07) is 2.09. The molecule has 0 amide bonds. The smallest absolute Gasteiger partial charge is 0.322 e. The number of hydrogen-bond donors (Lipinski definition) is 1. The van der Waals surface area contributed by atoms with E-state index in [4.69, 9.17) is 14.9 Å². The number of furan rings is 1. The molecule has 2 N–H and O–H groups in total. The number of nitrogens with zero attached hydrogens (tertiary/aromatic N) is 3. The zero-order valence-corrected chi connectivity index (χ0v) is 10.3. The number of hydrogen-bond acceptors (Lipinski definition) is 7. The number of anilines is 1. The minimum Gasteiger partial charge on any atom is -0.468 e. The van der Waals surface area contributed by atoms with Crippen LogP contribution in [0.1, 0.15) is 12.7 Å². The molecule has 90 valence electrons. The molecule has 0 saturated heterocycles. The Morgan fingerprint density at radius 3 is 2.88 bits per heavy atom. The number of rotatable bonds is 4. The number of ether oxygens (including phenoxy) is 1. The molecule has 2 aromatic rings. The van der Waals surface area contributed by atoms with E-state index in [1.54, 1.807) is 6.26 Å². The third-order valence-corrected chi connectivity index (χ3v) is 2.91.